The number of aromatic nitrogens is 1. The number of thiazole rings is 1. The Morgan fingerprint density at radius 1 is 1.42 bits per heavy atom. The summed E-state index contributed by atoms with van der Waals surface area (Å²) in [5.41, 5.74) is 0. The van der Waals surface area contributed by atoms with Gasteiger partial charge in [0.15, 0.2) is 4.80 Å². The van der Waals surface area contributed by atoms with Crippen molar-refractivity contribution in [2.24, 2.45) is 18.0 Å². The summed E-state index contributed by atoms with van der Waals surface area (Å²) in [6, 6.07) is 0.412. The standard InChI is InChI=1S/C9H16N2S/c1-7(2)8(3)10-9-11(4)5-6-12-9/h5-8H,1-4H3. The Morgan fingerprint density at radius 3 is 2.50 bits per heavy atom. The molecule has 1 aromatic heterocycles. The fourth-order valence-corrected chi connectivity index (χ4v) is 1.59. The number of hydrogen-bond donors (Lipinski definition) is 0. The molecule has 0 aliphatic carbocycles. The topological polar surface area (TPSA) is 17.3 Å². The third-order valence-electron chi connectivity index (χ3n) is 2.04. The lowest BCUT2D eigenvalue weighted by Crippen LogP contribution is -2.17. The minimum absolute atomic E-state index is 0.412. The summed E-state index contributed by atoms with van der Waals surface area (Å²) in [6.45, 7) is 6.55. The Bertz CT molecular complexity index is 295. The quantitative estimate of drug-likeness (QED) is 0.669. The zero-order chi connectivity index (χ0) is 9.14. The highest BCUT2D eigenvalue weighted by Crippen LogP contribution is 2.03. The first kappa shape index (κ1) is 9.52. The van der Waals surface area contributed by atoms with Crippen LogP contribution in [0.15, 0.2) is 16.6 Å². The predicted molar refractivity (Wildman–Crippen MR) is 53.2 cm³/mol. The van der Waals surface area contributed by atoms with E-state index in [4.69, 9.17) is 0 Å². The summed E-state index contributed by atoms with van der Waals surface area (Å²) >= 11 is 1.69. The van der Waals surface area contributed by atoms with Crippen LogP contribution in [0.4, 0.5) is 0 Å². The first-order valence-corrected chi connectivity index (χ1v) is 5.13. The van der Waals surface area contributed by atoms with Crippen LogP contribution in [0.5, 0.6) is 0 Å². The maximum Gasteiger partial charge on any atom is 0.184 e. The zero-order valence-electron chi connectivity index (χ0n) is 8.11. The van der Waals surface area contributed by atoms with Crippen LogP contribution in [-0.4, -0.2) is 10.6 Å². The van der Waals surface area contributed by atoms with E-state index in [0.29, 0.717) is 12.0 Å². The largest absolute Gasteiger partial charge is 0.327 e. The van der Waals surface area contributed by atoms with Crippen molar-refractivity contribution in [2.75, 3.05) is 0 Å². The second kappa shape index (κ2) is 3.90. The smallest absolute Gasteiger partial charge is 0.184 e. The number of aryl methyl sites for hydroxylation is 1. The highest BCUT2D eigenvalue weighted by atomic mass is 32.1. The van der Waals surface area contributed by atoms with Gasteiger partial charge < -0.3 is 4.57 Å². The Morgan fingerprint density at radius 2 is 2.08 bits per heavy atom. The molecule has 1 rings (SSSR count). The number of rotatable bonds is 2. The van der Waals surface area contributed by atoms with Gasteiger partial charge in [0.1, 0.15) is 0 Å². The second-order valence-corrected chi connectivity index (χ2v) is 4.28. The van der Waals surface area contributed by atoms with Crippen LogP contribution in [0.1, 0.15) is 20.8 Å². The number of nitrogens with zero attached hydrogens (tertiary/aromatic N) is 2. The van der Waals surface area contributed by atoms with Crippen molar-refractivity contribution in [3.63, 3.8) is 0 Å². The monoisotopic (exact) mass is 184 g/mol. The molecule has 1 aromatic rings. The zero-order valence-corrected chi connectivity index (χ0v) is 8.93. The van der Waals surface area contributed by atoms with Crippen molar-refractivity contribution in [2.45, 2.75) is 26.8 Å². The van der Waals surface area contributed by atoms with Crippen molar-refractivity contribution in [1.29, 1.82) is 0 Å². The van der Waals surface area contributed by atoms with Gasteiger partial charge in [0.05, 0.1) is 6.04 Å². The molecule has 2 nitrogen and oxygen atoms in total. The molecule has 0 N–H and O–H groups in total. The molecule has 0 radical (unpaired) electrons. The molecule has 0 aromatic carbocycles. The van der Waals surface area contributed by atoms with E-state index in [-0.39, 0.29) is 0 Å². The van der Waals surface area contributed by atoms with Gasteiger partial charge in [0, 0.05) is 18.6 Å². The van der Waals surface area contributed by atoms with E-state index in [1.54, 1.807) is 11.3 Å². The van der Waals surface area contributed by atoms with Gasteiger partial charge in [0.2, 0.25) is 0 Å². The molecule has 0 amide bonds. The van der Waals surface area contributed by atoms with E-state index in [2.05, 4.69) is 35.7 Å². The van der Waals surface area contributed by atoms with Crippen LogP contribution >= 0.6 is 11.3 Å². The Hall–Kier alpha value is -0.570. The molecule has 0 bridgehead atoms. The highest BCUT2D eigenvalue weighted by Gasteiger charge is 2.03. The predicted octanol–water partition coefficient (Wildman–Crippen LogP) is 2.03. The van der Waals surface area contributed by atoms with Gasteiger partial charge in [-0.05, 0) is 12.8 Å². The molecule has 3 heteroatoms. The first-order valence-electron chi connectivity index (χ1n) is 4.25. The van der Waals surface area contributed by atoms with Gasteiger partial charge in [-0.2, -0.15) is 0 Å². The van der Waals surface area contributed by atoms with E-state index < -0.39 is 0 Å². The molecule has 0 spiro atoms. The van der Waals surface area contributed by atoms with E-state index in [1.165, 1.54) is 0 Å². The lowest BCUT2D eigenvalue weighted by Gasteiger charge is -2.08. The Labute approximate surface area is 77.6 Å². The third kappa shape index (κ3) is 2.21. The van der Waals surface area contributed by atoms with Gasteiger partial charge in [-0.25, -0.2) is 0 Å². The molecular formula is C9H16N2S. The van der Waals surface area contributed by atoms with Crippen LogP contribution in [0, 0.1) is 5.92 Å². The fraction of sp³-hybridized carbons (Fsp3) is 0.667. The molecule has 0 aliphatic rings. The van der Waals surface area contributed by atoms with Gasteiger partial charge in [-0.1, -0.05) is 13.8 Å². The van der Waals surface area contributed by atoms with Crippen LogP contribution < -0.4 is 4.80 Å². The Balaban J connectivity index is 2.90. The number of hydrogen-bond acceptors (Lipinski definition) is 2. The summed E-state index contributed by atoms with van der Waals surface area (Å²) < 4.78 is 2.06. The van der Waals surface area contributed by atoms with E-state index in [0.717, 1.165) is 4.80 Å². The second-order valence-electron chi connectivity index (χ2n) is 3.41. The third-order valence-corrected chi connectivity index (χ3v) is 2.90. The SMILES string of the molecule is CC(C)C(C)N=c1sccn1C. The first-order chi connectivity index (χ1) is 5.61. The summed E-state index contributed by atoms with van der Waals surface area (Å²) in [4.78, 5) is 5.71. The molecule has 0 fully saturated rings. The molecule has 1 atom stereocenters. The van der Waals surface area contributed by atoms with Gasteiger partial charge >= 0.3 is 0 Å². The Kier molecular flexibility index (Phi) is 3.09. The lowest BCUT2D eigenvalue weighted by atomic mass is 10.1. The van der Waals surface area contributed by atoms with E-state index in [9.17, 15) is 0 Å². The van der Waals surface area contributed by atoms with Crippen molar-refractivity contribution in [3.8, 4) is 0 Å². The average Bonchev–Trinajstić information content (AvgIpc) is 2.36. The van der Waals surface area contributed by atoms with Gasteiger partial charge in [0.25, 0.3) is 0 Å². The normalized spacial score (nSPS) is 15.6. The van der Waals surface area contributed by atoms with Gasteiger partial charge in [-0.3, -0.25) is 4.99 Å². The van der Waals surface area contributed by atoms with Crippen molar-refractivity contribution < 1.29 is 0 Å². The van der Waals surface area contributed by atoms with Crippen LogP contribution in [0.25, 0.3) is 0 Å². The highest BCUT2D eigenvalue weighted by molar-refractivity contribution is 7.07. The van der Waals surface area contributed by atoms with Crippen LogP contribution in [0.3, 0.4) is 0 Å². The van der Waals surface area contributed by atoms with Crippen LogP contribution in [0.2, 0.25) is 0 Å². The van der Waals surface area contributed by atoms with Crippen molar-refractivity contribution in [1.82, 2.24) is 4.57 Å². The molecule has 12 heavy (non-hydrogen) atoms. The lowest BCUT2D eigenvalue weighted by molar-refractivity contribution is 0.517. The molecular weight excluding hydrogens is 168 g/mol. The molecule has 0 aliphatic heterocycles. The minimum atomic E-state index is 0.412. The molecule has 1 unspecified atom stereocenters. The van der Waals surface area contributed by atoms with Crippen LogP contribution in [-0.2, 0) is 7.05 Å². The summed E-state index contributed by atoms with van der Waals surface area (Å²) in [5.74, 6) is 0.618. The summed E-state index contributed by atoms with van der Waals surface area (Å²) in [6.07, 6.45) is 2.04. The molecule has 68 valence electrons. The van der Waals surface area contributed by atoms with E-state index >= 15 is 0 Å². The maximum absolute atomic E-state index is 4.60. The minimum Gasteiger partial charge on any atom is -0.327 e. The average molecular weight is 184 g/mol. The van der Waals surface area contributed by atoms with Gasteiger partial charge in [-0.15, -0.1) is 11.3 Å². The summed E-state index contributed by atoms with van der Waals surface area (Å²) in [5, 5.41) is 2.06. The molecule has 0 saturated carbocycles. The fourth-order valence-electron chi connectivity index (χ4n) is 0.774. The van der Waals surface area contributed by atoms with Crippen molar-refractivity contribution in [3.05, 3.63) is 16.4 Å². The molecule has 0 saturated heterocycles. The van der Waals surface area contributed by atoms with E-state index in [1.807, 2.05) is 13.2 Å². The molecule has 1 heterocycles. The summed E-state index contributed by atoms with van der Waals surface area (Å²) in [7, 11) is 2.03. The van der Waals surface area contributed by atoms with Crippen molar-refractivity contribution >= 4 is 11.3 Å². The maximum atomic E-state index is 4.60.